The van der Waals surface area contributed by atoms with Crippen LogP contribution in [-0.2, 0) is 19.6 Å². The lowest BCUT2D eigenvalue weighted by molar-refractivity contribution is 0.161. The highest BCUT2D eigenvalue weighted by molar-refractivity contribution is 5.82. The molecule has 0 saturated carbocycles. The number of rotatable bonds is 10. The number of nitrogens with one attached hydrogen (secondary N) is 1. The maximum absolute atomic E-state index is 13.3. The van der Waals surface area contributed by atoms with Crippen LogP contribution in [-0.4, -0.2) is 37.2 Å². The molecule has 0 saturated heterocycles. The fourth-order valence-corrected chi connectivity index (χ4v) is 5.34. The van der Waals surface area contributed by atoms with Gasteiger partial charge in [0.25, 0.3) is 5.56 Å². The lowest BCUT2D eigenvalue weighted by Crippen LogP contribution is -2.32. The molecule has 0 amide bonds. The largest absolute Gasteiger partial charge is 0.497 e. The van der Waals surface area contributed by atoms with Crippen LogP contribution in [0, 0.1) is 20.8 Å². The van der Waals surface area contributed by atoms with E-state index in [1.165, 1.54) is 16.7 Å². The summed E-state index contributed by atoms with van der Waals surface area (Å²) in [4.78, 5) is 18.8. The summed E-state index contributed by atoms with van der Waals surface area (Å²) in [5.74, 6) is 1.58. The quantitative estimate of drug-likeness (QED) is 0.248. The number of benzene rings is 3. The molecule has 40 heavy (non-hydrogen) atoms. The molecule has 8 heteroatoms. The molecule has 0 radical (unpaired) electrons. The Labute approximate surface area is 234 Å². The molecule has 5 rings (SSSR count). The summed E-state index contributed by atoms with van der Waals surface area (Å²) in [6.07, 6.45) is 0.776. The molecule has 2 aromatic heterocycles. The van der Waals surface area contributed by atoms with E-state index in [-0.39, 0.29) is 11.6 Å². The van der Waals surface area contributed by atoms with Gasteiger partial charge in [-0.1, -0.05) is 60.5 Å². The van der Waals surface area contributed by atoms with E-state index in [1.54, 1.807) is 7.11 Å². The van der Waals surface area contributed by atoms with Gasteiger partial charge in [0.05, 0.1) is 25.2 Å². The van der Waals surface area contributed by atoms with Crippen molar-refractivity contribution in [3.05, 3.63) is 116 Å². The summed E-state index contributed by atoms with van der Waals surface area (Å²) in [6, 6.07) is 22.6. The zero-order valence-corrected chi connectivity index (χ0v) is 23.8. The number of aryl methyl sites for hydroxylation is 3. The van der Waals surface area contributed by atoms with Crippen molar-refractivity contribution in [2.45, 2.75) is 59.8 Å². The van der Waals surface area contributed by atoms with Gasteiger partial charge < -0.3 is 9.72 Å². The lowest BCUT2D eigenvalue weighted by Gasteiger charge is -2.30. The van der Waals surface area contributed by atoms with Gasteiger partial charge in [-0.25, -0.2) is 4.68 Å². The maximum Gasteiger partial charge on any atom is 0.252 e. The first-order chi connectivity index (χ1) is 19.3. The Morgan fingerprint density at radius 3 is 2.35 bits per heavy atom. The molecular formula is C32H36N6O2. The predicted octanol–water partition coefficient (Wildman–Crippen LogP) is 5.65. The second kappa shape index (κ2) is 11.8. The van der Waals surface area contributed by atoms with Crippen molar-refractivity contribution in [1.82, 2.24) is 30.1 Å². The highest BCUT2D eigenvalue weighted by Gasteiger charge is 2.26. The third-order valence-electron chi connectivity index (χ3n) is 7.43. The van der Waals surface area contributed by atoms with Crippen molar-refractivity contribution >= 4 is 10.9 Å². The highest BCUT2D eigenvalue weighted by atomic mass is 16.5. The first-order valence-corrected chi connectivity index (χ1v) is 13.7. The third-order valence-corrected chi connectivity index (χ3v) is 7.43. The Balaban J connectivity index is 1.52. The van der Waals surface area contributed by atoms with E-state index in [2.05, 4.69) is 82.6 Å². The van der Waals surface area contributed by atoms with E-state index >= 15 is 0 Å². The fraction of sp³-hybridized carbons (Fsp3) is 0.312. The van der Waals surface area contributed by atoms with Crippen LogP contribution in [0.1, 0.15) is 58.6 Å². The van der Waals surface area contributed by atoms with Crippen LogP contribution in [0.3, 0.4) is 0 Å². The zero-order chi connectivity index (χ0) is 28.2. The predicted molar refractivity (Wildman–Crippen MR) is 157 cm³/mol. The lowest BCUT2D eigenvalue weighted by atomic mass is 10.0. The summed E-state index contributed by atoms with van der Waals surface area (Å²) in [5.41, 5.74) is 7.23. The number of fused-ring (bicyclic) bond motifs is 1. The van der Waals surface area contributed by atoms with Crippen LogP contribution < -0.4 is 10.3 Å². The number of aromatic nitrogens is 5. The van der Waals surface area contributed by atoms with E-state index < -0.39 is 0 Å². The van der Waals surface area contributed by atoms with Gasteiger partial charge in [-0.05, 0) is 84.0 Å². The van der Waals surface area contributed by atoms with E-state index in [0.717, 1.165) is 45.6 Å². The Hall–Kier alpha value is -4.30. The number of hydrogen-bond acceptors (Lipinski definition) is 6. The summed E-state index contributed by atoms with van der Waals surface area (Å²) >= 11 is 0. The normalized spacial score (nSPS) is 12.2. The molecule has 0 bridgehead atoms. The number of aromatic amines is 1. The number of nitrogens with zero attached hydrogens (tertiary/aromatic N) is 5. The molecule has 0 unspecified atom stereocenters. The molecule has 0 fully saturated rings. The van der Waals surface area contributed by atoms with Gasteiger partial charge in [0, 0.05) is 18.7 Å². The molecule has 2 heterocycles. The smallest absolute Gasteiger partial charge is 0.252 e. The molecule has 3 aromatic carbocycles. The van der Waals surface area contributed by atoms with Crippen LogP contribution in [0.5, 0.6) is 5.75 Å². The SMILES string of the molecule is CC[C@@H](c1nnnn1Cc1ccc(OC)cc1)N(Cc1ccc(C)cc1)Cc1cc2cc(C)cc(C)c2[nH]c1=O. The Morgan fingerprint density at radius 2 is 1.65 bits per heavy atom. The number of pyridine rings is 1. The second-order valence-electron chi connectivity index (χ2n) is 10.5. The van der Waals surface area contributed by atoms with Crippen LogP contribution in [0.2, 0.25) is 0 Å². The van der Waals surface area contributed by atoms with Crippen molar-refractivity contribution in [3.8, 4) is 5.75 Å². The average molecular weight is 537 g/mol. The van der Waals surface area contributed by atoms with E-state index in [4.69, 9.17) is 4.74 Å². The zero-order valence-electron chi connectivity index (χ0n) is 23.8. The van der Waals surface area contributed by atoms with Crippen molar-refractivity contribution in [2.75, 3.05) is 7.11 Å². The monoisotopic (exact) mass is 536 g/mol. The second-order valence-corrected chi connectivity index (χ2v) is 10.5. The summed E-state index contributed by atoms with van der Waals surface area (Å²) in [5, 5.41) is 13.9. The van der Waals surface area contributed by atoms with E-state index in [0.29, 0.717) is 19.6 Å². The molecule has 8 nitrogen and oxygen atoms in total. The summed E-state index contributed by atoms with van der Waals surface area (Å²) in [7, 11) is 1.66. The minimum Gasteiger partial charge on any atom is -0.497 e. The number of methoxy groups -OCH3 is 1. The third kappa shape index (κ3) is 5.97. The molecular weight excluding hydrogens is 500 g/mol. The number of ether oxygens (including phenoxy) is 1. The van der Waals surface area contributed by atoms with E-state index in [1.807, 2.05) is 41.9 Å². The van der Waals surface area contributed by atoms with Gasteiger partial charge in [0.15, 0.2) is 5.82 Å². The van der Waals surface area contributed by atoms with Crippen LogP contribution in [0.4, 0.5) is 0 Å². The molecule has 0 aliphatic heterocycles. The number of hydrogen-bond donors (Lipinski definition) is 1. The highest BCUT2D eigenvalue weighted by Crippen LogP contribution is 2.28. The van der Waals surface area contributed by atoms with Crippen LogP contribution >= 0.6 is 0 Å². The molecule has 5 aromatic rings. The van der Waals surface area contributed by atoms with Crippen LogP contribution in [0.25, 0.3) is 10.9 Å². The molecule has 206 valence electrons. The number of tetrazole rings is 1. The van der Waals surface area contributed by atoms with Gasteiger partial charge >= 0.3 is 0 Å². The average Bonchev–Trinajstić information content (AvgIpc) is 3.39. The van der Waals surface area contributed by atoms with Gasteiger partial charge in [-0.2, -0.15) is 0 Å². The van der Waals surface area contributed by atoms with Crippen molar-refractivity contribution in [3.63, 3.8) is 0 Å². The number of H-pyrrole nitrogens is 1. The fourth-order valence-electron chi connectivity index (χ4n) is 5.34. The molecule has 0 spiro atoms. The topological polar surface area (TPSA) is 88.9 Å². The molecule has 1 atom stereocenters. The Bertz CT molecular complexity index is 1650. The van der Waals surface area contributed by atoms with Crippen molar-refractivity contribution < 1.29 is 4.74 Å². The minimum absolute atomic E-state index is 0.0685. The summed E-state index contributed by atoms with van der Waals surface area (Å²) < 4.78 is 7.16. The Kier molecular flexibility index (Phi) is 8.07. The molecule has 0 aliphatic rings. The summed E-state index contributed by atoms with van der Waals surface area (Å²) in [6.45, 7) is 9.98. The van der Waals surface area contributed by atoms with Gasteiger partial charge in [-0.15, -0.1) is 5.10 Å². The van der Waals surface area contributed by atoms with Crippen LogP contribution in [0.15, 0.2) is 71.5 Å². The van der Waals surface area contributed by atoms with E-state index in [9.17, 15) is 4.79 Å². The van der Waals surface area contributed by atoms with Gasteiger partial charge in [0.1, 0.15) is 5.75 Å². The minimum atomic E-state index is -0.108. The van der Waals surface area contributed by atoms with Crippen molar-refractivity contribution in [1.29, 1.82) is 0 Å². The standard InChI is InChI=1S/C32H36N6O2/c1-6-29(31-34-35-36-38(31)19-25-11-13-28(40-5)14-12-25)37(18-24-9-7-21(2)8-10-24)20-27-17-26-16-22(3)15-23(4)30(26)33-32(27)39/h7-17,29H,6,18-20H2,1-5H3,(H,33,39)/t29-/m0/s1. The molecule has 0 aliphatic carbocycles. The van der Waals surface area contributed by atoms with Gasteiger partial charge in [0.2, 0.25) is 0 Å². The Morgan fingerprint density at radius 1 is 0.925 bits per heavy atom. The van der Waals surface area contributed by atoms with Crippen molar-refractivity contribution in [2.24, 2.45) is 0 Å². The molecule has 1 N–H and O–H groups in total. The maximum atomic E-state index is 13.3. The first kappa shape index (κ1) is 27.3. The van der Waals surface area contributed by atoms with Gasteiger partial charge in [-0.3, -0.25) is 9.69 Å². The first-order valence-electron chi connectivity index (χ1n) is 13.7.